The molecule has 0 aliphatic carbocycles. The summed E-state index contributed by atoms with van der Waals surface area (Å²) in [6.07, 6.45) is -13.2. The van der Waals surface area contributed by atoms with Gasteiger partial charge in [0.25, 0.3) is 0 Å². The van der Waals surface area contributed by atoms with Crippen molar-refractivity contribution < 1.29 is 56.0 Å². The Morgan fingerprint density at radius 3 is 1.79 bits per heavy atom. The average molecular weight is 582 g/mol. The molecular weight excluding hydrogens is 547 g/mol. The molecule has 220 valence electrons. The van der Waals surface area contributed by atoms with Crippen molar-refractivity contribution in [2.45, 2.75) is 103 Å². The van der Waals surface area contributed by atoms with Crippen LogP contribution in [0.1, 0.15) is 60.4 Å². The zero-order valence-corrected chi connectivity index (χ0v) is 24.2. The van der Waals surface area contributed by atoms with Gasteiger partial charge in [-0.05, 0) is 5.04 Å². The first-order valence-electron chi connectivity index (χ1n) is 12.0. The van der Waals surface area contributed by atoms with E-state index in [1.54, 1.807) is 33.9 Å². The number of rotatable bonds is 7. The van der Waals surface area contributed by atoms with Gasteiger partial charge in [0.05, 0.1) is 5.32 Å². The fourth-order valence-electron chi connectivity index (χ4n) is 3.91. The molecule has 1 aliphatic rings. The number of carbonyl (C=O) groups excluding carboxylic acids is 4. The maximum Gasteiger partial charge on any atom is 0.434 e. The summed E-state index contributed by atoms with van der Waals surface area (Å²) in [5.41, 5.74) is -1.23. The Morgan fingerprint density at radius 1 is 0.872 bits per heavy atom. The first-order valence-corrected chi connectivity index (χ1v) is 15.0. The number of hydrogen-bond donors (Lipinski definition) is 0. The summed E-state index contributed by atoms with van der Waals surface area (Å²) in [6, 6.07) is 0. The second-order valence-electron chi connectivity index (χ2n) is 10.7. The lowest BCUT2D eigenvalue weighted by Gasteiger charge is -2.44. The zero-order chi connectivity index (χ0) is 30.1. The van der Waals surface area contributed by atoms with Crippen LogP contribution >= 0.6 is 0 Å². The molecule has 1 aromatic heterocycles. The summed E-state index contributed by atoms with van der Waals surface area (Å²) in [5.74, 6) is -3.51. The predicted molar refractivity (Wildman–Crippen MR) is 129 cm³/mol. The van der Waals surface area contributed by atoms with Gasteiger partial charge in [-0.15, -0.1) is 5.10 Å². The first kappa shape index (κ1) is 32.2. The van der Waals surface area contributed by atoms with Gasteiger partial charge >= 0.3 is 30.1 Å². The lowest BCUT2D eigenvalue weighted by molar-refractivity contribution is -0.273. The fourth-order valence-corrected chi connectivity index (χ4v) is 5.77. The minimum Gasteiger partial charge on any atom is -0.463 e. The van der Waals surface area contributed by atoms with Crippen molar-refractivity contribution in [1.82, 2.24) is 15.0 Å². The van der Waals surface area contributed by atoms with Crippen molar-refractivity contribution in [3.8, 4) is 0 Å². The van der Waals surface area contributed by atoms with Crippen LogP contribution in [-0.4, -0.2) is 78.0 Å². The average Bonchev–Trinajstić information content (AvgIpc) is 3.20. The molecule has 1 saturated heterocycles. The third kappa shape index (κ3) is 7.35. The van der Waals surface area contributed by atoms with Crippen LogP contribution in [0.25, 0.3) is 0 Å². The number of alkyl halides is 3. The molecule has 5 atom stereocenters. The van der Waals surface area contributed by atoms with E-state index in [1.807, 2.05) is 0 Å². The Labute approximate surface area is 224 Å². The van der Waals surface area contributed by atoms with Crippen LogP contribution in [0.15, 0.2) is 0 Å². The van der Waals surface area contributed by atoms with Crippen LogP contribution in [0, 0.1) is 0 Å². The molecule has 0 unspecified atom stereocenters. The normalized spacial score (nSPS) is 24.1. The molecule has 1 aromatic rings. The van der Waals surface area contributed by atoms with Crippen molar-refractivity contribution in [1.29, 1.82) is 0 Å². The predicted octanol–water partition coefficient (Wildman–Crippen LogP) is 2.27. The van der Waals surface area contributed by atoms with Gasteiger partial charge in [-0.2, -0.15) is 13.2 Å². The molecule has 1 aliphatic heterocycles. The Balaban J connectivity index is 2.83. The van der Waals surface area contributed by atoms with Crippen LogP contribution in [0.3, 0.4) is 0 Å². The number of carbonyl (C=O) groups is 4. The lowest BCUT2D eigenvalue weighted by atomic mass is 9.97. The molecule has 0 amide bonds. The third-order valence-corrected chi connectivity index (χ3v) is 11.9. The van der Waals surface area contributed by atoms with Gasteiger partial charge in [-0.3, -0.25) is 19.2 Å². The van der Waals surface area contributed by atoms with E-state index >= 15 is 0 Å². The molecule has 2 rings (SSSR count). The van der Waals surface area contributed by atoms with E-state index in [2.05, 4.69) is 10.3 Å². The Bertz CT molecular complexity index is 1100. The fraction of sp³-hybridized carbons (Fsp3) is 0.739. The monoisotopic (exact) mass is 581 g/mol. The molecule has 12 nitrogen and oxygen atoms in total. The second-order valence-corrected chi connectivity index (χ2v) is 15.9. The zero-order valence-electron chi connectivity index (χ0n) is 23.2. The number of hydrogen-bond acceptors (Lipinski definition) is 11. The highest BCUT2D eigenvalue weighted by Gasteiger charge is 2.56. The number of nitrogens with zero attached hydrogens (tertiary/aromatic N) is 3. The summed E-state index contributed by atoms with van der Waals surface area (Å²) in [4.78, 5) is 47.5. The number of aromatic nitrogens is 3. The Hall–Kier alpha value is -3.01. The SMILES string of the molecule is CC(=O)OC[C@H]1O[C@@H](n2nnc([Si](C)(C)C(C)(C)C)c2C(F)(F)F)[C@H](OC(C)=O)[C@@H](OC(C)=O)[C@@H]1OC(C)=O. The van der Waals surface area contributed by atoms with E-state index in [0.717, 1.165) is 27.7 Å². The highest BCUT2D eigenvalue weighted by atomic mass is 28.3. The van der Waals surface area contributed by atoms with Gasteiger partial charge in [0, 0.05) is 27.7 Å². The van der Waals surface area contributed by atoms with Crippen molar-refractivity contribution >= 4 is 37.3 Å². The van der Waals surface area contributed by atoms with Crippen LogP contribution < -0.4 is 5.32 Å². The van der Waals surface area contributed by atoms with E-state index in [0.29, 0.717) is 4.68 Å². The molecule has 0 radical (unpaired) electrons. The van der Waals surface area contributed by atoms with Gasteiger partial charge in [-0.1, -0.05) is 39.1 Å². The second kappa shape index (κ2) is 11.6. The standard InChI is InChI=1S/C23H34F3N3O9Si/c1-11(30)34-10-15-16(35-12(2)31)17(36-13(3)32)18(37-14(4)33)21(38-15)29-19(23(24,25)26)20(27-28-29)39(8,9)22(5,6)7/h15-18,21H,10H2,1-9H3/t15-,16-,17+,18-,21-/m1/s1. The minimum absolute atomic E-state index is 0.268. The molecule has 1 fully saturated rings. The molecule has 2 heterocycles. The van der Waals surface area contributed by atoms with Crippen molar-refractivity contribution in [2.24, 2.45) is 0 Å². The van der Waals surface area contributed by atoms with Gasteiger partial charge in [0.1, 0.15) is 20.8 Å². The number of ether oxygens (including phenoxy) is 5. The molecule has 39 heavy (non-hydrogen) atoms. The maximum atomic E-state index is 14.6. The topological polar surface area (TPSA) is 145 Å². The van der Waals surface area contributed by atoms with Crippen LogP contribution in [-0.2, 0) is 49.0 Å². The van der Waals surface area contributed by atoms with Crippen molar-refractivity contribution in [3.05, 3.63) is 5.69 Å². The van der Waals surface area contributed by atoms with Crippen LogP contribution in [0.2, 0.25) is 18.1 Å². The lowest BCUT2D eigenvalue weighted by Crippen LogP contribution is -2.61. The van der Waals surface area contributed by atoms with E-state index in [9.17, 15) is 32.3 Å². The largest absolute Gasteiger partial charge is 0.463 e. The summed E-state index contributed by atoms with van der Waals surface area (Å²) in [7, 11) is -2.96. The molecule has 0 aromatic carbocycles. The van der Waals surface area contributed by atoms with Crippen LogP contribution in [0.5, 0.6) is 0 Å². The van der Waals surface area contributed by atoms with E-state index in [-0.39, 0.29) is 5.32 Å². The summed E-state index contributed by atoms with van der Waals surface area (Å²) < 4.78 is 71.1. The highest BCUT2D eigenvalue weighted by Crippen LogP contribution is 2.41. The Kier molecular flexibility index (Phi) is 9.59. The third-order valence-electron chi connectivity index (χ3n) is 6.64. The highest BCUT2D eigenvalue weighted by molar-refractivity contribution is 6.91. The van der Waals surface area contributed by atoms with Gasteiger partial charge in [0.2, 0.25) is 0 Å². The molecule has 16 heteroatoms. The smallest absolute Gasteiger partial charge is 0.434 e. The van der Waals surface area contributed by atoms with Gasteiger partial charge < -0.3 is 23.7 Å². The van der Waals surface area contributed by atoms with Crippen molar-refractivity contribution in [2.75, 3.05) is 6.61 Å². The van der Waals surface area contributed by atoms with E-state index in [4.69, 9.17) is 23.7 Å². The summed E-state index contributed by atoms with van der Waals surface area (Å²) >= 11 is 0. The Morgan fingerprint density at radius 2 is 1.36 bits per heavy atom. The van der Waals surface area contributed by atoms with Gasteiger partial charge in [0.15, 0.2) is 30.2 Å². The minimum atomic E-state index is -4.98. The number of halogens is 3. The quantitative estimate of drug-likeness (QED) is 0.266. The summed E-state index contributed by atoms with van der Waals surface area (Å²) in [6.45, 7) is 12.3. The van der Waals surface area contributed by atoms with Crippen LogP contribution in [0.4, 0.5) is 13.2 Å². The van der Waals surface area contributed by atoms with E-state index < -0.39 is 86.1 Å². The molecule has 0 spiro atoms. The number of esters is 4. The molecule has 0 saturated carbocycles. The molecule has 0 bridgehead atoms. The molecule has 0 N–H and O–H groups in total. The summed E-state index contributed by atoms with van der Waals surface area (Å²) in [5, 5.41) is 6.86. The maximum absolute atomic E-state index is 14.6. The van der Waals surface area contributed by atoms with E-state index in [1.165, 1.54) is 0 Å². The van der Waals surface area contributed by atoms with Crippen molar-refractivity contribution in [3.63, 3.8) is 0 Å². The molecular formula is C23H34F3N3O9Si. The first-order chi connectivity index (χ1) is 17.7. The van der Waals surface area contributed by atoms with Gasteiger partial charge in [-0.25, -0.2) is 4.68 Å².